The summed E-state index contributed by atoms with van der Waals surface area (Å²) < 4.78 is 10.2. The van der Waals surface area contributed by atoms with E-state index in [1.807, 2.05) is 24.3 Å². The van der Waals surface area contributed by atoms with E-state index in [4.69, 9.17) is 21.1 Å². The molecule has 0 amide bonds. The molecule has 1 aromatic heterocycles. The molecular weight excluding hydrogens is 240 g/mol. The Labute approximate surface area is 104 Å². The molecular formula is C12H11ClN2O2. The van der Waals surface area contributed by atoms with Gasteiger partial charge in [-0.2, -0.15) is 4.98 Å². The van der Waals surface area contributed by atoms with Crippen LogP contribution in [0.4, 0.5) is 0 Å². The Morgan fingerprint density at radius 1 is 1.06 bits per heavy atom. The molecule has 0 aliphatic carbocycles. The Kier molecular flexibility index (Phi) is 3.44. The van der Waals surface area contributed by atoms with Gasteiger partial charge in [0.15, 0.2) is 5.15 Å². The molecule has 88 valence electrons. The van der Waals surface area contributed by atoms with Gasteiger partial charge in [0.25, 0.3) is 0 Å². The summed E-state index contributed by atoms with van der Waals surface area (Å²) >= 11 is 5.76. The molecule has 2 rings (SSSR count). The first-order chi connectivity index (χ1) is 8.24. The minimum atomic E-state index is 0.305. The van der Waals surface area contributed by atoms with E-state index < -0.39 is 0 Å². The molecule has 4 nitrogen and oxygen atoms in total. The van der Waals surface area contributed by atoms with Gasteiger partial charge in [-0.15, -0.1) is 0 Å². The molecule has 0 unspecified atom stereocenters. The maximum Gasteiger partial charge on any atom is 0.241 e. The van der Waals surface area contributed by atoms with Crippen molar-refractivity contribution in [3.8, 4) is 22.9 Å². The van der Waals surface area contributed by atoms with Gasteiger partial charge in [0.05, 0.1) is 20.4 Å². The number of benzene rings is 1. The average molecular weight is 251 g/mol. The van der Waals surface area contributed by atoms with Gasteiger partial charge in [-0.1, -0.05) is 11.6 Å². The monoisotopic (exact) mass is 250 g/mol. The van der Waals surface area contributed by atoms with Crippen LogP contribution in [-0.4, -0.2) is 24.2 Å². The number of hydrogen-bond donors (Lipinski definition) is 0. The summed E-state index contributed by atoms with van der Waals surface area (Å²) in [6, 6.07) is 7.48. The fourth-order valence-electron chi connectivity index (χ4n) is 1.44. The Hall–Kier alpha value is -1.81. The van der Waals surface area contributed by atoms with E-state index in [1.54, 1.807) is 7.11 Å². The molecule has 0 spiro atoms. The van der Waals surface area contributed by atoms with Crippen molar-refractivity contribution in [2.75, 3.05) is 14.2 Å². The minimum absolute atomic E-state index is 0.305. The molecule has 5 heteroatoms. The molecule has 1 heterocycles. The number of hydrogen-bond acceptors (Lipinski definition) is 4. The maximum absolute atomic E-state index is 5.76. The normalized spacial score (nSPS) is 10.1. The van der Waals surface area contributed by atoms with Gasteiger partial charge < -0.3 is 9.47 Å². The molecule has 0 saturated heterocycles. The number of halogens is 1. The lowest BCUT2D eigenvalue weighted by molar-refractivity contribution is 0.398. The topological polar surface area (TPSA) is 44.2 Å². The van der Waals surface area contributed by atoms with E-state index in [-0.39, 0.29) is 0 Å². The summed E-state index contributed by atoms with van der Waals surface area (Å²) in [4.78, 5) is 8.27. The van der Waals surface area contributed by atoms with E-state index in [0.29, 0.717) is 16.7 Å². The van der Waals surface area contributed by atoms with Crippen LogP contribution >= 0.6 is 11.6 Å². The third-order valence-electron chi connectivity index (χ3n) is 2.27. The van der Waals surface area contributed by atoms with Gasteiger partial charge in [-0.3, -0.25) is 0 Å². The zero-order valence-electron chi connectivity index (χ0n) is 9.48. The van der Waals surface area contributed by atoms with Gasteiger partial charge in [0.2, 0.25) is 5.88 Å². The summed E-state index contributed by atoms with van der Waals surface area (Å²) in [5, 5.41) is 0.305. The van der Waals surface area contributed by atoms with Gasteiger partial charge in [-0.25, -0.2) is 4.98 Å². The highest BCUT2D eigenvalue weighted by atomic mass is 35.5. The van der Waals surface area contributed by atoms with Crippen molar-refractivity contribution in [2.24, 2.45) is 0 Å². The minimum Gasteiger partial charge on any atom is -0.497 e. The van der Waals surface area contributed by atoms with Gasteiger partial charge in [0.1, 0.15) is 11.4 Å². The second kappa shape index (κ2) is 5.01. The first kappa shape index (κ1) is 11.7. The SMILES string of the molecule is COc1ccc(-c2ncc(Cl)nc2OC)cc1. The third kappa shape index (κ3) is 2.47. The zero-order valence-corrected chi connectivity index (χ0v) is 10.2. The van der Waals surface area contributed by atoms with Crippen molar-refractivity contribution in [2.45, 2.75) is 0 Å². The van der Waals surface area contributed by atoms with E-state index in [2.05, 4.69) is 9.97 Å². The Balaban J connectivity index is 2.44. The van der Waals surface area contributed by atoms with E-state index >= 15 is 0 Å². The number of nitrogens with zero attached hydrogens (tertiary/aromatic N) is 2. The molecule has 2 aromatic rings. The maximum atomic E-state index is 5.76. The van der Waals surface area contributed by atoms with Crippen LogP contribution in [-0.2, 0) is 0 Å². The number of rotatable bonds is 3. The first-order valence-corrected chi connectivity index (χ1v) is 5.33. The second-order valence-electron chi connectivity index (χ2n) is 3.28. The van der Waals surface area contributed by atoms with Crippen molar-refractivity contribution in [1.82, 2.24) is 9.97 Å². The highest BCUT2D eigenvalue weighted by Crippen LogP contribution is 2.28. The molecule has 0 radical (unpaired) electrons. The Bertz CT molecular complexity index is 514. The van der Waals surface area contributed by atoms with Crippen LogP contribution in [0, 0.1) is 0 Å². The first-order valence-electron chi connectivity index (χ1n) is 4.95. The van der Waals surface area contributed by atoms with Crippen LogP contribution in [0.25, 0.3) is 11.3 Å². The highest BCUT2D eigenvalue weighted by molar-refractivity contribution is 6.29. The second-order valence-corrected chi connectivity index (χ2v) is 3.67. The van der Waals surface area contributed by atoms with Crippen molar-refractivity contribution < 1.29 is 9.47 Å². The van der Waals surface area contributed by atoms with Crippen LogP contribution in [0.3, 0.4) is 0 Å². The van der Waals surface area contributed by atoms with Crippen molar-refractivity contribution in [1.29, 1.82) is 0 Å². The van der Waals surface area contributed by atoms with E-state index in [9.17, 15) is 0 Å². The fourth-order valence-corrected chi connectivity index (χ4v) is 1.57. The Morgan fingerprint density at radius 2 is 1.76 bits per heavy atom. The molecule has 0 saturated carbocycles. The van der Waals surface area contributed by atoms with Crippen LogP contribution in [0.1, 0.15) is 0 Å². The van der Waals surface area contributed by atoms with Gasteiger partial charge in [-0.05, 0) is 24.3 Å². The number of aromatic nitrogens is 2. The standard InChI is InChI=1S/C12H11ClN2O2/c1-16-9-5-3-8(4-6-9)11-12(17-2)15-10(13)7-14-11/h3-7H,1-2H3. The van der Waals surface area contributed by atoms with Crippen LogP contribution in [0.5, 0.6) is 11.6 Å². The molecule has 1 aromatic carbocycles. The quantitative estimate of drug-likeness (QED) is 0.840. The average Bonchev–Trinajstić information content (AvgIpc) is 2.39. The van der Waals surface area contributed by atoms with Crippen molar-refractivity contribution in [3.63, 3.8) is 0 Å². The molecule has 0 aliphatic rings. The summed E-state index contributed by atoms with van der Waals surface area (Å²) in [5.74, 6) is 1.19. The van der Waals surface area contributed by atoms with Crippen LogP contribution in [0.2, 0.25) is 5.15 Å². The lowest BCUT2D eigenvalue weighted by Crippen LogP contribution is -1.95. The third-order valence-corrected chi connectivity index (χ3v) is 2.45. The van der Waals surface area contributed by atoms with Gasteiger partial charge in [0, 0.05) is 5.56 Å². The molecule has 17 heavy (non-hydrogen) atoms. The van der Waals surface area contributed by atoms with E-state index in [1.165, 1.54) is 13.3 Å². The summed E-state index contributed by atoms with van der Waals surface area (Å²) in [6.45, 7) is 0. The van der Waals surface area contributed by atoms with Crippen molar-refractivity contribution in [3.05, 3.63) is 35.6 Å². The Morgan fingerprint density at radius 3 is 2.35 bits per heavy atom. The number of ether oxygens (including phenoxy) is 2. The lowest BCUT2D eigenvalue weighted by atomic mass is 10.1. The molecule has 0 bridgehead atoms. The predicted octanol–water partition coefficient (Wildman–Crippen LogP) is 2.81. The van der Waals surface area contributed by atoms with Crippen molar-refractivity contribution >= 4 is 11.6 Å². The predicted molar refractivity (Wildman–Crippen MR) is 65.6 cm³/mol. The number of methoxy groups -OCH3 is 2. The van der Waals surface area contributed by atoms with Crippen LogP contribution < -0.4 is 9.47 Å². The highest BCUT2D eigenvalue weighted by Gasteiger charge is 2.09. The molecule has 0 N–H and O–H groups in total. The van der Waals surface area contributed by atoms with E-state index in [0.717, 1.165) is 11.3 Å². The molecule has 0 atom stereocenters. The fraction of sp³-hybridized carbons (Fsp3) is 0.167. The molecule has 0 aliphatic heterocycles. The summed E-state index contributed by atoms with van der Waals surface area (Å²) in [5.41, 5.74) is 1.55. The van der Waals surface area contributed by atoms with Gasteiger partial charge >= 0.3 is 0 Å². The largest absolute Gasteiger partial charge is 0.497 e. The smallest absolute Gasteiger partial charge is 0.241 e. The summed E-state index contributed by atoms with van der Waals surface area (Å²) in [7, 11) is 3.16. The van der Waals surface area contributed by atoms with Crippen LogP contribution in [0.15, 0.2) is 30.5 Å². The lowest BCUT2D eigenvalue weighted by Gasteiger charge is -2.07. The molecule has 0 fully saturated rings. The summed E-state index contributed by atoms with van der Waals surface area (Å²) in [6.07, 6.45) is 1.49. The zero-order chi connectivity index (χ0) is 12.3.